The molecule has 1 aromatic rings. The van der Waals surface area contributed by atoms with E-state index in [9.17, 15) is 0 Å². The summed E-state index contributed by atoms with van der Waals surface area (Å²) in [5.74, 6) is 1.41. The number of ether oxygens (including phenoxy) is 1. The lowest BCUT2D eigenvalue weighted by Gasteiger charge is -2.13. The molecule has 1 aromatic carbocycles. The minimum absolute atomic E-state index is 0.513. The van der Waals surface area contributed by atoms with Crippen LogP contribution in [-0.2, 0) is 6.54 Å². The summed E-state index contributed by atoms with van der Waals surface area (Å²) >= 11 is 0. The zero-order chi connectivity index (χ0) is 12.7. The van der Waals surface area contributed by atoms with Gasteiger partial charge in [0, 0.05) is 25.1 Å². The lowest BCUT2D eigenvalue weighted by Crippen LogP contribution is -2.15. The van der Waals surface area contributed by atoms with E-state index in [1.807, 2.05) is 6.07 Å². The van der Waals surface area contributed by atoms with Crippen LogP contribution in [-0.4, -0.2) is 13.7 Å². The molecule has 0 aromatic heterocycles. The molecule has 3 nitrogen and oxygen atoms in total. The van der Waals surface area contributed by atoms with Crippen molar-refractivity contribution in [1.82, 2.24) is 5.32 Å². The summed E-state index contributed by atoms with van der Waals surface area (Å²) in [7, 11) is 1.68. The summed E-state index contributed by atoms with van der Waals surface area (Å²) in [4.78, 5) is 0. The van der Waals surface area contributed by atoms with Gasteiger partial charge in [-0.3, -0.25) is 0 Å². The third kappa shape index (κ3) is 4.08. The third-order valence-electron chi connectivity index (χ3n) is 2.70. The van der Waals surface area contributed by atoms with Crippen LogP contribution in [0.2, 0.25) is 0 Å². The summed E-state index contributed by atoms with van der Waals surface area (Å²) in [5, 5.41) is 11.7. The topological polar surface area (TPSA) is 45.0 Å². The second-order valence-electron chi connectivity index (χ2n) is 4.31. The Morgan fingerprint density at radius 2 is 2.18 bits per heavy atom. The van der Waals surface area contributed by atoms with Gasteiger partial charge in [-0.05, 0) is 17.5 Å². The summed E-state index contributed by atoms with van der Waals surface area (Å²) in [6, 6.07) is 8.40. The van der Waals surface area contributed by atoms with Crippen LogP contribution < -0.4 is 10.1 Å². The lowest BCUT2D eigenvalue weighted by atomic mass is 10.0. The highest BCUT2D eigenvalue weighted by atomic mass is 16.5. The lowest BCUT2D eigenvalue weighted by molar-refractivity contribution is 0.407. The van der Waals surface area contributed by atoms with E-state index < -0.39 is 0 Å². The standard InChI is InChI=1S/C14H20N2O/c1-11(2)12-5-6-14(17-3)13(9-12)10-16-8-4-7-15/h5-6,9,11,16H,4,8,10H2,1-3H3. The zero-order valence-corrected chi connectivity index (χ0v) is 10.8. The van der Waals surface area contributed by atoms with Gasteiger partial charge < -0.3 is 10.1 Å². The SMILES string of the molecule is COc1ccc(C(C)C)cc1CNCCC#N. The first-order chi connectivity index (χ1) is 8.19. The normalized spacial score (nSPS) is 10.3. The monoisotopic (exact) mass is 232 g/mol. The molecule has 0 amide bonds. The Kier molecular flexibility index (Phi) is 5.51. The van der Waals surface area contributed by atoms with Crippen molar-refractivity contribution in [3.63, 3.8) is 0 Å². The van der Waals surface area contributed by atoms with Crippen molar-refractivity contribution >= 4 is 0 Å². The predicted octanol–water partition coefficient (Wildman–Crippen LogP) is 2.82. The van der Waals surface area contributed by atoms with E-state index in [1.54, 1.807) is 7.11 Å². The number of nitrogens with one attached hydrogen (secondary N) is 1. The first-order valence-electron chi connectivity index (χ1n) is 5.93. The molecule has 0 fully saturated rings. The molecule has 0 heterocycles. The molecule has 0 atom stereocenters. The van der Waals surface area contributed by atoms with Crippen molar-refractivity contribution in [3.05, 3.63) is 29.3 Å². The van der Waals surface area contributed by atoms with Crippen LogP contribution in [0.4, 0.5) is 0 Å². The summed E-state index contributed by atoms with van der Waals surface area (Å²) in [5.41, 5.74) is 2.46. The van der Waals surface area contributed by atoms with Gasteiger partial charge in [-0.1, -0.05) is 26.0 Å². The average molecular weight is 232 g/mol. The Bertz CT molecular complexity index is 394. The van der Waals surface area contributed by atoms with Gasteiger partial charge >= 0.3 is 0 Å². The Hall–Kier alpha value is -1.53. The van der Waals surface area contributed by atoms with Gasteiger partial charge in [-0.25, -0.2) is 0 Å². The number of nitriles is 1. The summed E-state index contributed by atoms with van der Waals surface area (Å²) < 4.78 is 5.33. The molecule has 1 rings (SSSR count). The first kappa shape index (κ1) is 13.5. The minimum Gasteiger partial charge on any atom is -0.496 e. The van der Waals surface area contributed by atoms with Crippen molar-refractivity contribution in [2.24, 2.45) is 0 Å². The van der Waals surface area contributed by atoms with E-state index in [0.29, 0.717) is 18.9 Å². The number of rotatable bonds is 6. The molecule has 0 unspecified atom stereocenters. The molecule has 0 aliphatic carbocycles. The van der Waals surface area contributed by atoms with Gasteiger partial charge in [0.25, 0.3) is 0 Å². The Labute approximate surface area is 103 Å². The largest absolute Gasteiger partial charge is 0.496 e. The van der Waals surface area contributed by atoms with E-state index in [2.05, 4.69) is 37.4 Å². The maximum absolute atomic E-state index is 8.47. The smallest absolute Gasteiger partial charge is 0.123 e. The summed E-state index contributed by atoms with van der Waals surface area (Å²) in [6.07, 6.45) is 0.534. The number of methoxy groups -OCH3 is 1. The molecule has 17 heavy (non-hydrogen) atoms. The third-order valence-corrected chi connectivity index (χ3v) is 2.70. The number of benzene rings is 1. The average Bonchev–Trinajstić information content (AvgIpc) is 2.34. The number of hydrogen-bond donors (Lipinski definition) is 1. The van der Waals surface area contributed by atoms with Crippen molar-refractivity contribution in [2.45, 2.75) is 32.7 Å². The first-order valence-corrected chi connectivity index (χ1v) is 5.93. The van der Waals surface area contributed by atoms with E-state index >= 15 is 0 Å². The fourth-order valence-corrected chi connectivity index (χ4v) is 1.66. The number of hydrogen-bond acceptors (Lipinski definition) is 3. The van der Waals surface area contributed by atoms with Gasteiger partial charge in [-0.2, -0.15) is 5.26 Å². The van der Waals surface area contributed by atoms with Crippen LogP contribution in [0.15, 0.2) is 18.2 Å². The Morgan fingerprint density at radius 1 is 1.41 bits per heavy atom. The molecular formula is C14H20N2O. The Morgan fingerprint density at radius 3 is 2.76 bits per heavy atom. The van der Waals surface area contributed by atoms with E-state index in [1.165, 1.54) is 5.56 Å². The van der Waals surface area contributed by atoms with Gasteiger partial charge in [0.2, 0.25) is 0 Å². The van der Waals surface area contributed by atoms with E-state index in [4.69, 9.17) is 10.00 Å². The van der Waals surface area contributed by atoms with Crippen LogP contribution in [0.1, 0.15) is 37.3 Å². The van der Waals surface area contributed by atoms with E-state index in [-0.39, 0.29) is 0 Å². The molecule has 0 spiro atoms. The second-order valence-corrected chi connectivity index (χ2v) is 4.31. The van der Waals surface area contributed by atoms with Crippen molar-refractivity contribution in [1.29, 1.82) is 5.26 Å². The van der Waals surface area contributed by atoms with Crippen molar-refractivity contribution in [3.8, 4) is 11.8 Å². The highest BCUT2D eigenvalue weighted by Crippen LogP contribution is 2.23. The zero-order valence-electron chi connectivity index (χ0n) is 10.8. The van der Waals surface area contributed by atoms with Gasteiger partial charge in [-0.15, -0.1) is 0 Å². The second kappa shape index (κ2) is 6.93. The minimum atomic E-state index is 0.513. The molecule has 3 heteroatoms. The molecule has 1 N–H and O–H groups in total. The molecule has 0 aliphatic rings. The Balaban J connectivity index is 2.73. The summed E-state index contributed by atoms with van der Waals surface area (Å²) in [6.45, 7) is 5.81. The molecule has 0 saturated carbocycles. The van der Waals surface area contributed by atoms with E-state index in [0.717, 1.165) is 17.9 Å². The number of nitrogens with zero attached hydrogens (tertiary/aromatic N) is 1. The fourth-order valence-electron chi connectivity index (χ4n) is 1.66. The van der Waals surface area contributed by atoms with Crippen LogP contribution in [0, 0.1) is 11.3 Å². The molecule has 0 radical (unpaired) electrons. The van der Waals surface area contributed by atoms with Crippen LogP contribution in [0.3, 0.4) is 0 Å². The quantitative estimate of drug-likeness (QED) is 0.767. The van der Waals surface area contributed by atoms with Gasteiger partial charge in [0.15, 0.2) is 0 Å². The highest BCUT2D eigenvalue weighted by molar-refractivity contribution is 5.38. The van der Waals surface area contributed by atoms with Crippen molar-refractivity contribution in [2.75, 3.05) is 13.7 Å². The molecule has 0 bridgehead atoms. The van der Waals surface area contributed by atoms with Crippen LogP contribution >= 0.6 is 0 Å². The maximum atomic E-state index is 8.47. The van der Waals surface area contributed by atoms with Crippen LogP contribution in [0.25, 0.3) is 0 Å². The molecule has 0 saturated heterocycles. The maximum Gasteiger partial charge on any atom is 0.123 e. The molecule has 0 aliphatic heterocycles. The van der Waals surface area contributed by atoms with Crippen molar-refractivity contribution < 1.29 is 4.74 Å². The fraction of sp³-hybridized carbons (Fsp3) is 0.500. The molecular weight excluding hydrogens is 212 g/mol. The van der Waals surface area contributed by atoms with Crippen LogP contribution in [0.5, 0.6) is 5.75 Å². The highest BCUT2D eigenvalue weighted by Gasteiger charge is 2.06. The van der Waals surface area contributed by atoms with Gasteiger partial charge in [0.1, 0.15) is 5.75 Å². The molecule has 92 valence electrons. The van der Waals surface area contributed by atoms with Gasteiger partial charge in [0.05, 0.1) is 13.2 Å². The predicted molar refractivity (Wildman–Crippen MR) is 69.0 cm³/mol.